The quantitative estimate of drug-likeness (QED) is 0.746. The van der Waals surface area contributed by atoms with Crippen LogP contribution in [0.2, 0.25) is 0 Å². The van der Waals surface area contributed by atoms with Gasteiger partial charge in [-0.25, -0.2) is 9.97 Å². The van der Waals surface area contributed by atoms with Crippen LogP contribution in [-0.2, 0) is 11.0 Å². The number of carbonyl (C=O) groups is 1. The van der Waals surface area contributed by atoms with Crippen LogP contribution in [0.4, 0.5) is 24.8 Å². The van der Waals surface area contributed by atoms with Crippen LogP contribution in [0, 0.1) is 5.92 Å². The molecule has 1 amide bonds. The molecule has 3 N–H and O–H groups in total. The Bertz CT molecular complexity index is 490. The predicted molar refractivity (Wildman–Crippen MR) is 72.9 cm³/mol. The average molecular weight is 305 g/mol. The molecule has 0 unspecified atom stereocenters. The standard InChI is InChI=1S/C12H18F3N5O/c1-7(2)5-18-10(21)6-17-9-4-8(16-3)19-11(20-9)12(13,14)15/h4,7H,5-6H2,1-3H3,(H,18,21)(H2,16,17,19,20). The summed E-state index contributed by atoms with van der Waals surface area (Å²) in [5, 5.41) is 7.71. The molecule has 21 heavy (non-hydrogen) atoms. The summed E-state index contributed by atoms with van der Waals surface area (Å²) < 4.78 is 37.9. The lowest BCUT2D eigenvalue weighted by Crippen LogP contribution is -2.32. The number of hydrogen-bond donors (Lipinski definition) is 3. The van der Waals surface area contributed by atoms with Crippen LogP contribution in [0.1, 0.15) is 19.7 Å². The van der Waals surface area contributed by atoms with E-state index in [1.54, 1.807) is 0 Å². The van der Waals surface area contributed by atoms with Gasteiger partial charge in [0.1, 0.15) is 11.6 Å². The van der Waals surface area contributed by atoms with E-state index in [1.807, 2.05) is 13.8 Å². The van der Waals surface area contributed by atoms with Gasteiger partial charge in [-0.1, -0.05) is 13.8 Å². The molecule has 0 aromatic carbocycles. The third kappa shape index (κ3) is 5.84. The second kappa shape index (κ2) is 7.09. The van der Waals surface area contributed by atoms with Gasteiger partial charge in [0.2, 0.25) is 11.7 Å². The van der Waals surface area contributed by atoms with Gasteiger partial charge in [-0.3, -0.25) is 4.79 Å². The molecule has 1 heterocycles. The summed E-state index contributed by atoms with van der Waals surface area (Å²) in [4.78, 5) is 18.2. The number of rotatable bonds is 6. The molecule has 0 aliphatic carbocycles. The van der Waals surface area contributed by atoms with Gasteiger partial charge in [-0.05, 0) is 5.92 Å². The lowest BCUT2D eigenvalue weighted by molar-refractivity contribution is -0.144. The lowest BCUT2D eigenvalue weighted by atomic mass is 10.2. The van der Waals surface area contributed by atoms with Crippen LogP contribution in [0.5, 0.6) is 0 Å². The van der Waals surface area contributed by atoms with E-state index in [0.29, 0.717) is 12.5 Å². The molecule has 0 radical (unpaired) electrons. The molecule has 0 aliphatic heterocycles. The number of halogens is 3. The SMILES string of the molecule is CNc1cc(NCC(=O)NCC(C)C)nc(C(F)(F)F)n1. The first kappa shape index (κ1) is 17.0. The highest BCUT2D eigenvalue weighted by molar-refractivity contribution is 5.80. The Kier molecular flexibility index (Phi) is 5.74. The number of hydrogen-bond acceptors (Lipinski definition) is 5. The zero-order valence-electron chi connectivity index (χ0n) is 12.0. The number of anilines is 2. The molecule has 0 bridgehead atoms. The van der Waals surface area contributed by atoms with Gasteiger partial charge in [0.15, 0.2) is 0 Å². The highest BCUT2D eigenvalue weighted by Gasteiger charge is 2.35. The number of amides is 1. The molecule has 0 aliphatic rings. The molecular formula is C12H18F3N5O. The van der Waals surface area contributed by atoms with Gasteiger partial charge in [0.05, 0.1) is 6.54 Å². The third-order valence-electron chi connectivity index (χ3n) is 2.37. The summed E-state index contributed by atoms with van der Waals surface area (Å²) in [5.74, 6) is -1.34. The highest BCUT2D eigenvalue weighted by atomic mass is 19.4. The Hall–Kier alpha value is -2.06. The van der Waals surface area contributed by atoms with E-state index in [0.717, 1.165) is 0 Å². The molecule has 0 saturated carbocycles. The van der Waals surface area contributed by atoms with E-state index in [2.05, 4.69) is 25.9 Å². The summed E-state index contributed by atoms with van der Waals surface area (Å²) in [5.41, 5.74) is 0. The van der Waals surface area contributed by atoms with Crippen molar-refractivity contribution >= 4 is 17.5 Å². The van der Waals surface area contributed by atoms with Gasteiger partial charge in [-0.2, -0.15) is 13.2 Å². The molecule has 1 aromatic heterocycles. The molecule has 1 aromatic rings. The molecule has 1 rings (SSSR count). The van der Waals surface area contributed by atoms with Gasteiger partial charge in [-0.15, -0.1) is 0 Å². The number of nitrogens with zero attached hydrogens (tertiary/aromatic N) is 2. The Labute approximate surface area is 120 Å². The van der Waals surface area contributed by atoms with Gasteiger partial charge in [0.25, 0.3) is 0 Å². The van der Waals surface area contributed by atoms with Crippen molar-refractivity contribution in [1.82, 2.24) is 15.3 Å². The summed E-state index contributed by atoms with van der Waals surface area (Å²) in [6, 6.07) is 1.30. The van der Waals surface area contributed by atoms with E-state index >= 15 is 0 Å². The fourth-order valence-corrected chi connectivity index (χ4v) is 1.34. The van der Waals surface area contributed by atoms with Crippen LogP contribution < -0.4 is 16.0 Å². The number of carbonyl (C=O) groups excluding carboxylic acids is 1. The van der Waals surface area contributed by atoms with Gasteiger partial charge >= 0.3 is 6.18 Å². The Morgan fingerprint density at radius 3 is 2.43 bits per heavy atom. The van der Waals surface area contributed by atoms with Crippen LogP contribution in [0.15, 0.2) is 6.07 Å². The van der Waals surface area contributed by atoms with Crippen molar-refractivity contribution in [1.29, 1.82) is 0 Å². The first-order valence-electron chi connectivity index (χ1n) is 6.37. The van der Waals surface area contributed by atoms with E-state index in [9.17, 15) is 18.0 Å². The van der Waals surface area contributed by atoms with E-state index in [-0.39, 0.29) is 24.1 Å². The van der Waals surface area contributed by atoms with Crippen LogP contribution >= 0.6 is 0 Å². The number of nitrogens with one attached hydrogen (secondary N) is 3. The first-order valence-corrected chi connectivity index (χ1v) is 6.37. The van der Waals surface area contributed by atoms with Crippen LogP contribution in [-0.4, -0.2) is 36.0 Å². The maximum absolute atomic E-state index is 12.6. The maximum atomic E-state index is 12.6. The average Bonchev–Trinajstić information content (AvgIpc) is 2.41. The van der Waals surface area contributed by atoms with Crippen molar-refractivity contribution in [3.63, 3.8) is 0 Å². The number of aromatic nitrogens is 2. The second-order valence-corrected chi connectivity index (χ2v) is 4.76. The largest absolute Gasteiger partial charge is 0.451 e. The molecular weight excluding hydrogens is 287 g/mol. The fraction of sp³-hybridized carbons (Fsp3) is 0.583. The van der Waals surface area contributed by atoms with Crippen molar-refractivity contribution in [2.24, 2.45) is 5.92 Å². The van der Waals surface area contributed by atoms with E-state index < -0.39 is 12.0 Å². The lowest BCUT2D eigenvalue weighted by Gasteiger charge is -2.12. The maximum Gasteiger partial charge on any atom is 0.451 e. The number of alkyl halides is 3. The Morgan fingerprint density at radius 2 is 1.90 bits per heavy atom. The molecule has 0 fully saturated rings. The molecule has 0 spiro atoms. The monoisotopic (exact) mass is 305 g/mol. The van der Waals surface area contributed by atoms with Crippen molar-refractivity contribution in [2.75, 3.05) is 30.8 Å². The van der Waals surface area contributed by atoms with Crippen molar-refractivity contribution in [3.05, 3.63) is 11.9 Å². The Morgan fingerprint density at radius 1 is 1.29 bits per heavy atom. The topological polar surface area (TPSA) is 78.9 Å². The predicted octanol–water partition coefficient (Wildman–Crippen LogP) is 1.72. The normalized spacial score (nSPS) is 11.4. The summed E-state index contributed by atoms with van der Waals surface area (Å²) in [7, 11) is 1.45. The van der Waals surface area contributed by atoms with Crippen molar-refractivity contribution < 1.29 is 18.0 Å². The minimum Gasteiger partial charge on any atom is -0.373 e. The van der Waals surface area contributed by atoms with Crippen LogP contribution in [0.3, 0.4) is 0 Å². The zero-order chi connectivity index (χ0) is 16.0. The van der Waals surface area contributed by atoms with E-state index in [4.69, 9.17) is 0 Å². The van der Waals surface area contributed by atoms with Crippen LogP contribution in [0.25, 0.3) is 0 Å². The summed E-state index contributed by atoms with van der Waals surface area (Å²) in [6.07, 6.45) is -4.65. The summed E-state index contributed by atoms with van der Waals surface area (Å²) in [6.45, 7) is 4.21. The molecule has 118 valence electrons. The zero-order valence-corrected chi connectivity index (χ0v) is 12.0. The van der Waals surface area contributed by atoms with Crippen molar-refractivity contribution in [2.45, 2.75) is 20.0 Å². The minimum absolute atomic E-state index is 0.0161. The smallest absolute Gasteiger partial charge is 0.373 e. The van der Waals surface area contributed by atoms with Gasteiger partial charge < -0.3 is 16.0 Å². The van der Waals surface area contributed by atoms with Gasteiger partial charge in [0, 0.05) is 19.7 Å². The first-order chi connectivity index (χ1) is 9.72. The molecule has 6 nitrogen and oxygen atoms in total. The third-order valence-corrected chi connectivity index (χ3v) is 2.37. The molecule has 9 heteroatoms. The van der Waals surface area contributed by atoms with Crippen molar-refractivity contribution in [3.8, 4) is 0 Å². The highest BCUT2D eigenvalue weighted by Crippen LogP contribution is 2.28. The molecule has 0 saturated heterocycles. The minimum atomic E-state index is -4.65. The second-order valence-electron chi connectivity index (χ2n) is 4.76. The summed E-state index contributed by atoms with van der Waals surface area (Å²) >= 11 is 0. The fourth-order valence-electron chi connectivity index (χ4n) is 1.34. The Balaban J connectivity index is 2.72. The van der Waals surface area contributed by atoms with E-state index in [1.165, 1.54) is 13.1 Å². The molecule has 0 atom stereocenters.